The first-order valence-electron chi connectivity index (χ1n) is 5.37. The lowest BCUT2D eigenvalue weighted by molar-refractivity contribution is 0.567. The number of hydrogen-bond acceptors (Lipinski definition) is 4. The van der Waals surface area contributed by atoms with Gasteiger partial charge < -0.3 is 4.42 Å². The van der Waals surface area contributed by atoms with Crippen LogP contribution in [0, 0.1) is 11.3 Å². The highest BCUT2D eigenvalue weighted by molar-refractivity contribution is 7.19. The third-order valence-electron chi connectivity index (χ3n) is 2.50. The molecule has 3 rings (SSSR count). The van der Waals surface area contributed by atoms with Crippen molar-refractivity contribution in [1.82, 2.24) is 4.98 Å². The van der Waals surface area contributed by atoms with E-state index in [9.17, 15) is 5.26 Å². The number of furan rings is 1. The van der Waals surface area contributed by atoms with E-state index in [2.05, 4.69) is 11.1 Å². The molecule has 2 heterocycles. The maximum Gasteiger partial charge on any atom is 0.135 e. The maximum absolute atomic E-state index is 9.22. The lowest BCUT2D eigenvalue weighted by atomic mass is 10.2. The zero-order valence-corrected chi connectivity index (χ0v) is 10.1. The van der Waals surface area contributed by atoms with Gasteiger partial charge in [-0.1, -0.05) is 12.1 Å². The first-order chi connectivity index (χ1) is 8.86. The van der Waals surface area contributed by atoms with Crippen LogP contribution in [-0.2, 0) is 0 Å². The molecule has 0 atom stereocenters. The van der Waals surface area contributed by atoms with Crippen LogP contribution in [0.5, 0.6) is 0 Å². The van der Waals surface area contributed by atoms with Gasteiger partial charge in [0, 0.05) is 5.56 Å². The zero-order chi connectivity index (χ0) is 12.4. The summed E-state index contributed by atoms with van der Waals surface area (Å²) in [5, 5.41) is 9.96. The highest BCUT2D eigenvalue weighted by Gasteiger charge is 2.08. The summed E-state index contributed by atoms with van der Waals surface area (Å²) in [4.78, 5) is 4.46. The molecule has 2 aromatic heterocycles. The first-order valence-corrected chi connectivity index (χ1v) is 6.18. The molecule has 0 saturated heterocycles. The average Bonchev–Trinajstić information content (AvgIpc) is 3.04. The smallest absolute Gasteiger partial charge is 0.135 e. The zero-order valence-electron chi connectivity index (χ0n) is 9.33. The molecule has 4 heteroatoms. The van der Waals surface area contributed by atoms with Crippen LogP contribution in [0.4, 0.5) is 0 Å². The Morgan fingerprint density at radius 2 is 2.22 bits per heavy atom. The van der Waals surface area contributed by atoms with Gasteiger partial charge >= 0.3 is 0 Å². The Bertz CT molecular complexity index is 715. The van der Waals surface area contributed by atoms with E-state index in [0.717, 1.165) is 20.8 Å². The predicted octanol–water partition coefficient (Wildman–Crippen LogP) is 3.95. The van der Waals surface area contributed by atoms with Crippen molar-refractivity contribution in [3.05, 3.63) is 53.4 Å². The normalized spacial score (nSPS) is 11.6. The van der Waals surface area contributed by atoms with Gasteiger partial charge in [0.2, 0.25) is 0 Å². The molecule has 3 nitrogen and oxygen atoms in total. The largest absolute Gasteiger partial charge is 0.472 e. The molecule has 0 aliphatic heterocycles. The standard InChI is InChI=1S/C14H8N2OS/c15-8-11(7-10-5-6-17-9-10)14-16-12-3-1-2-4-13(12)18-14/h1-7,9H/b11-7-. The summed E-state index contributed by atoms with van der Waals surface area (Å²) >= 11 is 1.52. The number of aromatic nitrogens is 1. The molecule has 0 radical (unpaired) electrons. The number of benzene rings is 1. The van der Waals surface area contributed by atoms with Crippen molar-refractivity contribution in [2.24, 2.45) is 0 Å². The minimum absolute atomic E-state index is 0.553. The van der Waals surface area contributed by atoms with Crippen LogP contribution in [0.25, 0.3) is 21.9 Å². The van der Waals surface area contributed by atoms with Gasteiger partial charge in [-0.15, -0.1) is 11.3 Å². The van der Waals surface area contributed by atoms with Crippen LogP contribution in [0.3, 0.4) is 0 Å². The molecule has 0 bridgehead atoms. The average molecular weight is 252 g/mol. The van der Waals surface area contributed by atoms with Crippen molar-refractivity contribution in [2.75, 3.05) is 0 Å². The summed E-state index contributed by atoms with van der Waals surface area (Å²) in [6.07, 6.45) is 4.96. The summed E-state index contributed by atoms with van der Waals surface area (Å²) in [6, 6.07) is 11.9. The lowest BCUT2D eigenvalue weighted by Gasteiger charge is -1.89. The Labute approximate surface area is 108 Å². The number of nitriles is 1. The summed E-state index contributed by atoms with van der Waals surface area (Å²) < 4.78 is 6.07. The lowest BCUT2D eigenvalue weighted by Crippen LogP contribution is -1.78. The van der Waals surface area contributed by atoms with E-state index < -0.39 is 0 Å². The van der Waals surface area contributed by atoms with Gasteiger partial charge in [0.15, 0.2) is 0 Å². The molecule has 18 heavy (non-hydrogen) atoms. The van der Waals surface area contributed by atoms with E-state index in [0.29, 0.717) is 5.57 Å². The van der Waals surface area contributed by atoms with E-state index in [1.165, 1.54) is 11.3 Å². The number of hydrogen-bond donors (Lipinski definition) is 0. The van der Waals surface area contributed by atoms with Crippen molar-refractivity contribution < 1.29 is 4.42 Å². The van der Waals surface area contributed by atoms with Gasteiger partial charge in [-0.3, -0.25) is 0 Å². The van der Waals surface area contributed by atoms with Crippen LogP contribution in [0.1, 0.15) is 10.6 Å². The molecule has 3 aromatic rings. The van der Waals surface area contributed by atoms with E-state index >= 15 is 0 Å². The fourth-order valence-corrected chi connectivity index (χ4v) is 2.58. The molecular formula is C14H8N2OS. The van der Waals surface area contributed by atoms with E-state index in [4.69, 9.17) is 4.42 Å². The fraction of sp³-hybridized carbons (Fsp3) is 0. The summed E-state index contributed by atoms with van der Waals surface area (Å²) in [5.74, 6) is 0. The van der Waals surface area contributed by atoms with Gasteiger partial charge in [-0.2, -0.15) is 5.26 Å². The van der Waals surface area contributed by atoms with Crippen molar-refractivity contribution in [3.63, 3.8) is 0 Å². The molecule has 0 unspecified atom stereocenters. The Balaban J connectivity index is 2.09. The van der Waals surface area contributed by atoms with Crippen LogP contribution in [0.2, 0.25) is 0 Å². The number of thiazole rings is 1. The second-order valence-corrected chi connectivity index (χ2v) is 4.74. The predicted molar refractivity (Wildman–Crippen MR) is 71.8 cm³/mol. The van der Waals surface area contributed by atoms with Crippen LogP contribution in [-0.4, -0.2) is 4.98 Å². The maximum atomic E-state index is 9.22. The highest BCUT2D eigenvalue weighted by Crippen LogP contribution is 2.27. The van der Waals surface area contributed by atoms with Gasteiger partial charge in [0.25, 0.3) is 0 Å². The Kier molecular flexibility index (Phi) is 2.67. The van der Waals surface area contributed by atoms with Gasteiger partial charge in [0.1, 0.15) is 11.1 Å². The second-order valence-electron chi connectivity index (χ2n) is 3.71. The van der Waals surface area contributed by atoms with Crippen molar-refractivity contribution in [1.29, 1.82) is 5.26 Å². The summed E-state index contributed by atoms with van der Waals surface area (Å²) in [5.41, 5.74) is 2.34. The number of para-hydroxylation sites is 1. The van der Waals surface area contributed by atoms with Crippen LogP contribution >= 0.6 is 11.3 Å². The minimum atomic E-state index is 0.553. The third-order valence-corrected chi connectivity index (χ3v) is 3.57. The molecule has 86 valence electrons. The molecule has 0 saturated carbocycles. The van der Waals surface area contributed by atoms with Gasteiger partial charge in [0.05, 0.1) is 28.3 Å². The quantitative estimate of drug-likeness (QED) is 0.649. The molecule has 0 N–H and O–H groups in total. The first kappa shape index (κ1) is 10.8. The molecule has 0 aliphatic rings. The molecule has 0 fully saturated rings. The van der Waals surface area contributed by atoms with Crippen LogP contribution in [0.15, 0.2) is 47.3 Å². The van der Waals surface area contributed by atoms with Crippen LogP contribution < -0.4 is 0 Å². The van der Waals surface area contributed by atoms with Crippen molar-refractivity contribution in [3.8, 4) is 6.07 Å². The molecule has 0 amide bonds. The van der Waals surface area contributed by atoms with E-state index in [1.807, 2.05) is 30.3 Å². The monoisotopic (exact) mass is 252 g/mol. The number of allylic oxidation sites excluding steroid dienone is 1. The topological polar surface area (TPSA) is 49.8 Å². The van der Waals surface area contributed by atoms with Crippen molar-refractivity contribution >= 4 is 33.2 Å². The summed E-state index contributed by atoms with van der Waals surface area (Å²) in [7, 11) is 0. The Morgan fingerprint density at radius 1 is 1.33 bits per heavy atom. The molecular weight excluding hydrogens is 244 g/mol. The molecule has 1 aromatic carbocycles. The fourth-order valence-electron chi connectivity index (χ4n) is 1.65. The number of rotatable bonds is 2. The highest BCUT2D eigenvalue weighted by atomic mass is 32.1. The second kappa shape index (κ2) is 4.47. The van der Waals surface area contributed by atoms with E-state index in [1.54, 1.807) is 18.6 Å². The SMILES string of the molecule is N#C/C(=C/c1ccoc1)c1nc2ccccc2s1. The Hall–Kier alpha value is -2.38. The minimum Gasteiger partial charge on any atom is -0.472 e. The van der Waals surface area contributed by atoms with Gasteiger partial charge in [-0.25, -0.2) is 4.98 Å². The van der Waals surface area contributed by atoms with Crippen molar-refractivity contribution in [2.45, 2.75) is 0 Å². The molecule has 0 spiro atoms. The third kappa shape index (κ3) is 1.92. The number of fused-ring (bicyclic) bond motifs is 1. The van der Waals surface area contributed by atoms with E-state index in [-0.39, 0.29) is 0 Å². The summed E-state index contributed by atoms with van der Waals surface area (Å²) in [6.45, 7) is 0. The van der Waals surface area contributed by atoms with Gasteiger partial charge in [-0.05, 0) is 24.3 Å². The number of nitrogens with zero attached hydrogens (tertiary/aromatic N) is 2. The Morgan fingerprint density at radius 3 is 2.94 bits per heavy atom. The molecule has 0 aliphatic carbocycles.